The molecule has 26 heavy (non-hydrogen) atoms. The Morgan fingerprint density at radius 3 is 2.73 bits per heavy atom. The number of amides is 1. The molecule has 1 saturated heterocycles. The lowest BCUT2D eigenvalue weighted by Crippen LogP contribution is -2.48. The van der Waals surface area contributed by atoms with E-state index in [9.17, 15) is 14.7 Å². The molecular weight excluding hydrogens is 376 g/mol. The number of carbonyl (C=O) groups is 2. The van der Waals surface area contributed by atoms with Crippen molar-refractivity contribution >= 4 is 34.8 Å². The topological polar surface area (TPSA) is 79.7 Å². The first-order valence-corrected chi connectivity index (χ1v) is 9.59. The third-order valence-corrected chi connectivity index (χ3v) is 6.43. The van der Waals surface area contributed by atoms with Gasteiger partial charge >= 0.3 is 5.97 Å². The van der Waals surface area contributed by atoms with Gasteiger partial charge in [-0.05, 0) is 36.6 Å². The normalized spacial score (nSPS) is 18.6. The van der Waals surface area contributed by atoms with Crippen molar-refractivity contribution in [1.82, 2.24) is 9.88 Å². The van der Waals surface area contributed by atoms with E-state index in [-0.39, 0.29) is 5.91 Å². The van der Waals surface area contributed by atoms with Crippen LogP contribution in [0.25, 0.3) is 0 Å². The van der Waals surface area contributed by atoms with Crippen molar-refractivity contribution in [1.29, 1.82) is 0 Å². The minimum Gasteiger partial charge on any atom is -0.477 e. The zero-order valence-corrected chi connectivity index (χ0v) is 15.5. The second-order valence-corrected chi connectivity index (χ2v) is 8.07. The Morgan fingerprint density at radius 1 is 1.31 bits per heavy atom. The molecule has 1 N–H and O–H groups in total. The third-order valence-electron chi connectivity index (χ3n) is 5.02. The molecule has 0 bridgehead atoms. The molecule has 4 heterocycles. The van der Waals surface area contributed by atoms with Crippen LogP contribution in [-0.2, 0) is 16.8 Å². The summed E-state index contributed by atoms with van der Waals surface area (Å²) in [5.74, 6) is -1.02. The number of carboxylic acids is 1. The minimum atomic E-state index is -0.902. The van der Waals surface area contributed by atoms with E-state index >= 15 is 0 Å². The summed E-state index contributed by atoms with van der Waals surface area (Å²) in [6.45, 7) is 1.67. The average Bonchev–Trinajstić information content (AvgIpc) is 3.09. The maximum Gasteiger partial charge on any atom is 0.345 e. The maximum absolute atomic E-state index is 12.6. The van der Waals surface area contributed by atoms with Crippen LogP contribution in [0.4, 0.5) is 0 Å². The first-order chi connectivity index (χ1) is 12.5. The molecule has 6 nitrogen and oxygen atoms in total. The van der Waals surface area contributed by atoms with E-state index in [0.29, 0.717) is 48.1 Å². The van der Waals surface area contributed by atoms with Gasteiger partial charge in [0.1, 0.15) is 10.6 Å². The van der Waals surface area contributed by atoms with E-state index in [1.807, 2.05) is 0 Å². The molecule has 0 aromatic carbocycles. The lowest BCUT2D eigenvalue weighted by atomic mass is 9.82. The summed E-state index contributed by atoms with van der Waals surface area (Å²) in [7, 11) is 0. The summed E-state index contributed by atoms with van der Waals surface area (Å²) in [5.41, 5.74) is 0.879. The SMILES string of the molecule is O=C(O)c1cc2c(s1)CCOC21CCN(C(=O)c2ccc(Cl)cn2)CC1. The fraction of sp³-hybridized carbons (Fsp3) is 0.389. The maximum atomic E-state index is 12.6. The number of aromatic nitrogens is 1. The van der Waals surface area contributed by atoms with Gasteiger partial charge in [0.25, 0.3) is 5.91 Å². The number of halogens is 1. The molecule has 8 heteroatoms. The fourth-order valence-electron chi connectivity index (χ4n) is 3.67. The van der Waals surface area contributed by atoms with Crippen molar-refractivity contribution in [2.45, 2.75) is 24.9 Å². The van der Waals surface area contributed by atoms with Crippen LogP contribution in [0.3, 0.4) is 0 Å². The van der Waals surface area contributed by atoms with Crippen LogP contribution in [0.1, 0.15) is 43.4 Å². The number of nitrogens with zero attached hydrogens (tertiary/aromatic N) is 2. The van der Waals surface area contributed by atoms with Crippen molar-refractivity contribution in [2.24, 2.45) is 0 Å². The van der Waals surface area contributed by atoms with Gasteiger partial charge in [0.15, 0.2) is 0 Å². The number of piperidine rings is 1. The van der Waals surface area contributed by atoms with Crippen LogP contribution in [0.5, 0.6) is 0 Å². The zero-order valence-electron chi connectivity index (χ0n) is 13.9. The lowest BCUT2D eigenvalue weighted by molar-refractivity contribution is -0.0927. The zero-order chi connectivity index (χ0) is 18.3. The van der Waals surface area contributed by atoms with E-state index in [1.54, 1.807) is 23.1 Å². The van der Waals surface area contributed by atoms with Crippen LogP contribution in [0, 0.1) is 0 Å². The van der Waals surface area contributed by atoms with Crippen molar-refractivity contribution in [2.75, 3.05) is 19.7 Å². The Kier molecular flexibility index (Phi) is 4.46. The Labute approximate surface area is 159 Å². The highest BCUT2D eigenvalue weighted by Crippen LogP contribution is 2.44. The van der Waals surface area contributed by atoms with Gasteiger partial charge in [0.2, 0.25) is 0 Å². The van der Waals surface area contributed by atoms with Crippen LogP contribution < -0.4 is 0 Å². The Balaban J connectivity index is 1.53. The predicted octanol–water partition coefficient (Wildman–Crippen LogP) is 3.20. The van der Waals surface area contributed by atoms with Crippen LogP contribution in [-0.4, -0.2) is 46.6 Å². The van der Waals surface area contributed by atoms with Crippen molar-refractivity contribution in [3.05, 3.63) is 50.4 Å². The Hall–Kier alpha value is -1.96. The number of pyridine rings is 1. The molecule has 4 rings (SSSR count). The third kappa shape index (κ3) is 3.00. The second kappa shape index (κ2) is 6.64. The highest BCUT2D eigenvalue weighted by Gasteiger charge is 2.43. The van der Waals surface area contributed by atoms with Gasteiger partial charge in [0.05, 0.1) is 17.2 Å². The quantitative estimate of drug-likeness (QED) is 0.848. The minimum absolute atomic E-state index is 0.121. The van der Waals surface area contributed by atoms with Crippen molar-refractivity contribution in [3.63, 3.8) is 0 Å². The molecule has 2 aliphatic heterocycles. The molecule has 2 aromatic rings. The molecule has 0 aliphatic carbocycles. The fourth-order valence-corrected chi connectivity index (χ4v) is 4.85. The van der Waals surface area contributed by atoms with Crippen molar-refractivity contribution < 1.29 is 19.4 Å². The van der Waals surface area contributed by atoms with E-state index < -0.39 is 11.6 Å². The summed E-state index contributed by atoms with van der Waals surface area (Å²) >= 11 is 7.16. The highest BCUT2D eigenvalue weighted by atomic mass is 35.5. The van der Waals surface area contributed by atoms with Gasteiger partial charge in [-0.3, -0.25) is 4.79 Å². The summed E-state index contributed by atoms with van der Waals surface area (Å²) in [4.78, 5) is 31.2. The van der Waals surface area contributed by atoms with Crippen LogP contribution >= 0.6 is 22.9 Å². The van der Waals surface area contributed by atoms with E-state index in [0.717, 1.165) is 16.9 Å². The summed E-state index contributed by atoms with van der Waals surface area (Å²) < 4.78 is 6.12. The summed E-state index contributed by atoms with van der Waals surface area (Å²) in [5, 5.41) is 9.78. The van der Waals surface area contributed by atoms with Gasteiger partial charge in [-0.15, -0.1) is 11.3 Å². The number of carboxylic acid groups (broad SMARTS) is 1. The molecule has 1 fully saturated rings. The molecule has 0 unspecified atom stereocenters. The van der Waals surface area contributed by atoms with Crippen LogP contribution in [0.15, 0.2) is 24.4 Å². The standard InChI is InChI=1S/C18H17ClN2O4S/c19-11-1-2-13(20-10-11)16(22)21-6-4-18(5-7-21)12-9-15(17(23)24)26-14(12)3-8-25-18/h1-2,9-10H,3-8H2,(H,23,24). The summed E-state index contributed by atoms with van der Waals surface area (Å²) in [6.07, 6.45) is 3.51. The van der Waals surface area contributed by atoms with E-state index in [1.165, 1.54) is 17.5 Å². The predicted molar refractivity (Wildman–Crippen MR) is 97.0 cm³/mol. The number of hydrogen-bond donors (Lipinski definition) is 1. The molecular formula is C18H17ClN2O4S. The first-order valence-electron chi connectivity index (χ1n) is 8.40. The average molecular weight is 393 g/mol. The van der Waals surface area contributed by atoms with Gasteiger partial charge in [0, 0.05) is 30.6 Å². The van der Waals surface area contributed by atoms with E-state index in [4.69, 9.17) is 16.3 Å². The number of aromatic carboxylic acids is 1. The second-order valence-electron chi connectivity index (χ2n) is 6.50. The molecule has 2 aliphatic rings. The lowest BCUT2D eigenvalue weighted by Gasteiger charge is -2.44. The largest absolute Gasteiger partial charge is 0.477 e. The van der Waals surface area contributed by atoms with E-state index in [2.05, 4.69) is 4.98 Å². The van der Waals surface area contributed by atoms with Gasteiger partial charge in [-0.2, -0.15) is 0 Å². The van der Waals surface area contributed by atoms with Gasteiger partial charge < -0.3 is 14.7 Å². The number of fused-ring (bicyclic) bond motifs is 2. The van der Waals surface area contributed by atoms with Gasteiger partial charge in [-0.1, -0.05) is 11.6 Å². The molecule has 0 saturated carbocycles. The molecule has 1 spiro atoms. The Bertz CT molecular complexity index is 857. The first kappa shape index (κ1) is 17.5. The molecule has 0 atom stereocenters. The number of thiophene rings is 1. The van der Waals surface area contributed by atoms with Crippen LogP contribution in [0.2, 0.25) is 5.02 Å². The highest BCUT2D eigenvalue weighted by molar-refractivity contribution is 7.14. The molecule has 2 aromatic heterocycles. The van der Waals surface area contributed by atoms with Crippen molar-refractivity contribution in [3.8, 4) is 0 Å². The monoisotopic (exact) mass is 392 g/mol. The molecule has 136 valence electrons. The summed E-state index contributed by atoms with van der Waals surface area (Å²) in [6, 6.07) is 5.03. The van der Waals surface area contributed by atoms with Gasteiger partial charge in [-0.25, -0.2) is 9.78 Å². The molecule has 1 amide bonds. The number of carbonyl (C=O) groups excluding carboxylic acids is 1. The number of rotatable bonds is 2. The Morgan fingerprint density at radius 2 is 2.08 bits per heavy atom. The number of ether oxygens (including phenoxy) is 1. The number of likely N-dealkylation sites (tertiary alicyclic amines) is 1. The molecule has 0 radical (unpaired) electrons. The number of hydrogen-bond acceptors (Lipinski definition) is 5. The smallest absolute Gasteiger partial charge is 0.345 e.